The Kier molecular flexibility index (Phi) is 5.79. The Morgan fingerprint density at radius 2 is 2.28 bits per heavy atom. The van der Waals surface area contributed by atoms with Crippen molar-refractivity contribution in [3.63, 3.8) is 0 Å². The lowest BCUT2D eigenvalue weighted by atomic mass is 10.2. The van der Waals surface area contributed by atoms with E-state index in [2.05, 4.69) is 42.0 Å². The molecule has 0 spiro atoms. The van der Waals surface area contributed by atoms with Gasteiger partial charge in [-0.3, -0.25) is 10.2 Å². The molecule has 8 heteroatoms. The summed E-state index contributed by atoms with van der Waals surface area (Å²) in [6.45, 7) is 4.87. The van der Waals surface area contributed by atoms with Gasteiger partial charge in [-0.25, -0.2) is 10.8 Å². The first-order valence-corrected chi connectivity index (χ1v) is 6.32. The van der Waals surface area contributed by atoms with Gasteiger partial charge in [0.25, 0.3) is 0 Å². The van der Waals surface area contributed by atoms with Crippen LogP contribution in [0.15, 0.2) is 10.7 Å². The summed E-state index contributed by atoms with van der Waals surface area (Å²) >= 11 is 3.28. The third kappa shape index (κ3) is 4.84. The average Bonchev–Trinajstić information content (AvgIpc) is 2.35. The van der Waals surface area contributed by atoms with E-state index in [1.54, 1.807) is 6.20 Å². The van der Waals surface area contributed by atoms with Crippen LogP contribution in [0.3, 0.4) is 0 Å². The number of halogens is 1. The number of nitrogen functional groups attached to an aromatic ring is 1. The molecule has 5 N–H and O–H groups in total. The minimum Gasteiger partial charge on any atom is -0.360 e. The van der Waals surface area contributed by atoms with Gasteiger partial charge >= 0.3 is 0 Å². The van der Waals surface area contributed by atoms with Crippen LogP contribution in [0.1, 0.15) is 13.8 Å². The summed E-state index contributed by atoms with van der Waals surface area (Å²) in [7, 11) is 0. The van der Waals surface area contributed by atoms with E-state index in [0.717, 1.165) is 0 Å². The number of amides is 1. The van der Waals surface area contributed by atoms with Gasteiger partial charge in [0.05, 0.1) is 11.0 Å². The first-order valence-electron chi connectivity index (χ1n) is 5.52. The molecule has 0 fully saturated rings. The molecule has 0 bridgehead atoms. The lowest BCUT2D eigenvalue weighted by Gasteiger charge is -2.10. The number of nitrogens with one attached hydrogen (secondary N) is 3. The number of carbonyl (C=O) groups is 1. The monoisotopic (exact) mass is 316 g/mol. The first kappa shape index (κ1) is 14.7. The number of hydrazine groups is 1. The number of nitrogens with zero attached hydrogens (tertiary/aromatic N) is 2. The molecular weight excluding hydrogens is 300 g/mol. The summed E-state index contributed by atoms with van der Waals surface area (Å²) in [6, 6.07) is 0. The lowest BCUT2D eigenvalue weighted by Crippen LogP contribution is -2.32. The normalized spacial score (nSPS) is 10.3. The molecule has 0 radical (unpaired) electrons. The second-order valence-electron chi connectivity index (χ2n) is 4.09. The predicted molar refractivity (Wildman–Crippen MR) is 73.9 cm³/mol. The lowest BCUT2D eigenvalue weighted by molar-refractivity contribution is -0.119. The highest BCUT2D eigenvalue weighted by Crippen LogP contribution is 2.19. The van der Waals surface area contributed by atoms with E-state index in [4.69, 9.17) is 5.84 Å². The first-order chi connectivity index (χ1) is 8.52. The molecule has 0 saturated heterocycles. The van der Waals surface area contributed by atoms with Gasteiger partial charge in [-0.15, -0.1) is 0 Å². The third-order valence-electron chi connectivity index (χ3n) is 2.00. The molecule has 0 saturated carbocycles. The van der Waals surface area contributed by atoms with Gasteiger partial charge in [-0.2, -0.15) is 4.98 Å². The highest BCUT2D eigenvalue weighted by Gasteiger charge is 2.07. The molecular formula is C10H17BrN6O. The quantitative estimate of drug-likeness (QED) is 0.455. The number of aromatic nitrogens is 2. The molecule has 1 amide bonds. The van der Waals surface area contributed by atoms with Crippen LogP contribution in [0.5, 0.6) is 0 Å². The molecule has 1 aromatic heterocycles. The number of carbonyl (C=O) groups excluding carboxylic acids is 1. The minimum atomic E-state index is -0.0866. The van der Waals surface area contributed by atoms with Crippen LogP contribution >= 0.6 is 15.9 Å². The summed E-state index contributed by atoms with van der Waals surface area (Å²) < 4.78 is 0.665. The van der Waals surface area contributed by atoms with Crippen molar-refractivity contribution in [2.24, 2.45) is 11.8 Å². The Balaban J connectivity index is 2.50. The summed E-state index contributed by atoms with van der Waals surface area (Å²) in [5.41, 5.74) is 2.34. The molecule has 7 nitrogen and oxygen atoms in total. The van der Waals surface area contributed by atoms with Crippen LogP contribution in [-0.2, 0) is 4.79 Å². The van der Waals surface area contributed by atoms with Gasteiger partial charge in [0.1, 0.15) is 5.82 Å². The zero-order valence-electron chi connectivity index (χ0n) is 10.3. The summed E-state index contributed by atoms with van der Waals surface area (Å²) in [4.78, 5) is 19.5. The van der Waals surface area contributed by atoms with Crippen LogP contribution in [0.2, 0.25) is 0 Å². The highest BCUT2D eigenvalue weighted by atomic mass is 79.9. The van der Waals surface area contributed by atoms with Crippen molar-refractivity contribution >= 4 is 33.6 Å². The highest BCUT2D eigenvalue weighted by molar-refractivity contribution is 9.10. The van der Waals surface area contributed by atoms with Crippen molar-refractivity contribution in [3.8, 4) is 0 Å². The molecule has 0 unspecified atom stereocenters. The number of hydrogen-bond acceptors (Lipinski definition) is 6. The van der Waals surface area contributed by atoms with E-state index in [0.29, 0.717) is 22.8 Å². The molecule has 0 aliphatic heterocycles. The van der Waals surface area contributed by atoms with Gasteiger partial charge in [0.15, 0.2) is 0 Å². The Hall–Kier alpha value is -1.41. The van der Waals surface area contributed by atoms with Crippen LogP contribution in [0.4, 0.5) is 11.8 Å². The fourth-order valence-electron chi connectivity index (χ4n) is 1.11. The molecule has 0 atom stereocenters. The Morgan fingerprint density at radius 3 is 2.89 bits per heavy atom. The number of hydrogen-bond donors (Lipinski definition) is 4. The van der Waals surface area contributed by atoms with E-state index in [-0.39, 0.29) is 18.4 Å². The van der Waals surface area contributed by atoms with Gasteiger partial charge in [0.2, 0.25) is 11.9 Å². The average molecular weight is 317 g/mol. The summed E-state index contributed by atoms with van der Waals surface area (Å²) in [5, 5.41) is 5.71. The fourth-order valence-corrected chi connectivity index (χ4v) is 1.44. The molecule has 0 aromatic carbocycles. The zero-order chi connectivity index (χ0) is 13.5. The predicted octanol–water partition coefficient (Wildman–Crippen LogP) is 0.709. The van der Waals surface area contributed by atoms with Gasteiger partial charge in [-0.05, 0) is 21.8 Å². The van der Waals surface area contributed by atoms with E-state index in [1.165, 1.54) is 0 Å². The van der Waals surface area contributed by atoms with Crippen molar-refractivity contribution in [2.75, 3.05) is 23.8 Å². The smallest absolute Gasteiger partial charge is 0.239 e. The van der Waals surface area contributed by atoms with E-state index < -0.39 is 0 Å². The van der Waals surface area contributed by atoms with Crippen molar-refractivity contribution in [1.82, 2.24) is 15.3 Å². The fraction of sp³-hybridized carbons (Fsp3) is 0.500. The summed E-state index contributed by atoms with van der Waals surface area (Å²) in [6.07, 6.45) is 1.55. The van der Waals surface area contributed by atoms with Crippen molar-refractivity contribution in [2.45, 2.75) is 13.8 Å². The van der Waals surface area contributed by atoms with Gasteiger partial charge in [-0.1, -0.05) is 13.8 Å². The topological polar surface area (TPSA) is 105 Å². The maximum atomic E-state index is 11.5. The second kappa shape index (κ2) is 7.12. The molecule has 0 aliphatic carbocycles. The van der Waals surface area contributed by atoms with E-state index >= 15 is 0 Å². The van der Waals surface area contributed by atoms with Crippen LogP contribution in [0.25, 0.3) is 0 Å². The standard InChI is InChI=1S/C10H17BrN6O/c1-6(2)3-13-8(18)5-14-9-7(11)4-15-10(16-9)17-12/h4,6H,3,5,12H2,1-2H3,(H,13,18)(H2,14,15,16,17). The molecule has 100 valence electrons. The SMILES string of the molecule is CC(C)CNC(=O)CNc1nc(NN)ncc1Br. The Morgan fingerprint density at radius 1 is 1.56 bits per heavy atom. The number of rotatable bonds is 6. The zero-order valence-corrected chi connectivity index (χ0v) is 11.9. The molecule has 0 aliphatic rings. The number of nitrogens with two attached hydrogens (primary N) is 1. The molecule has 1 heterocycles. The van der Waals surface area contributed by atoms with Crippen LogP contribution in [-0.4, -0.2) is 29.0 Å². The van der Waals surface area contributed by atoms with Gasteiger partial charge in [0, 0.05) is 12.7 Å². The van der Waals surface area contributed by atoms with Gasteiger partial charge < -0.3 is 10.6 Å². The van der Waals surface area contributed by atoms with Crippen molar-refractivity contribution < 1.29 is 4.79 Å². The second-order valence-corrected chi connectivity index (χ2v) is 4.94. The Labute approximate surface area is 114 Å². The van der Waals surface area contributed by atoms with Crippen LogP contribution in [0, 0.1) is 5.92 Å². The number of anilines is 2. The van der Waals surface area contributed by atoms with E-state index in [9.17, 15) is 4.79 Å². The van der Waals surface area contributed by atoms with E-state index in [1.807, 2.05) is 13.8 Å². The molecule has 18 heavy (non-hydrogen) atoms. The van der Waals surface area contributed by atoms with Crippen LogP contribution < -0.4 is 21.9 Å². The van der Waals surface area contributed by atoms with Crippen molar-refractivity contribution in [3.05, 3.63) is 10.7 Å². The third-order valence-corrected chi connectivity index (χ3v) is 2.58. The van der Waals surface area contributed by atoms with Crippen molar-refractivity contribution in [1.29, 1.82) is 0 Å². The molecule has 1 rings (SSSR count). The summed E-state index contributed by atoms with van der Waals surface area (Å²) in [5.74, 6) is 6.34. The Bertz CT molecular complexity index is 411. The maximum absolute atomic E-state index is 11.5. The maximum Gasteiger partial charge on any atom is 0.239 e. The largest absolute Gasteiger partial charge is 0.360 e. The minimum absolute atomic E-state index is 0.0866. The molecule has 1 aromatic rings.